The largest absolute Gasteiger partial charge is 0.394 e. The molecule has 0 spiro atoms. The molecule has 1 saturated heterocycles. The summed E-state index contributed by atoms with van der Waals surface area (Å²) in [5, 5.41) is 53.9. The van der Waals surface area contributed by atoms with Crippen molar-refractivity contribution < 1.29 is 39.8 Å². The molecule has 0 saturated carbocycles. The second-order valence-electron chi connectivity index (χ2n) is 13.4. The van der Waals surface area contributed by atoms with Gasteiger partial charge in [0.15, 0.2) is 6.29 Å². The number of carbonyl (C=O) groups excluding carboxylic acids is 1. The SMILES string of the molecule is CCCCCCCCCCCCCCCCC(O)C(COC1OC(CO)C(O)C(O)C1O)NC(=O)CCCCCCCCCC. The zero-order valence-electron chi connectivity index (χ0n) is 28.9. The lowest BCUT2D eigenvalue weighted by molar-refractivity contribution is -0.302. The fourth-order valence-corrected chi connectivity index (χ4v) is 6.10. The smallest absolute Gasteiger partial charge is 0.220 e. The van der Waals surface area contributed by atoms with Gasteiger partial charge in [0.1, 0.15) is 24.4 Å². The maximum atomic E-state index is 12.8. The Hall–Kier alpha value is -0.810. The van der Waals surface area contributed by atoms with Gasteiger partial charge >= 0.3 is 0 Å². The molecule has 1 fully saturated rings. The Morgan fingerprint density at radius 3 is 1.58 bits per heavy atom. The summed E-state index contributed by atoms with van der Waals surface area (Å²) >= 11 is 0. The maximum absolute atomic E-state index is 12.8. The van der Waals surface area contributed by atoms with Gasteiger partial charge < -0.3 is 40.3 Å². The summed E-state index contributed by atoms with van der Waals surface area (Å²) < 4.78 is 11.2. The van der Waals surface area contributed by atoms with Crippen LogP contribution in [0.15, 0.2) is 0 Å². The standard InChI is InChI=1S/C36H71NO8/c1-3-5-7-9-11-13-14-15-16-17-18-19-21-23-25-30(39)29(37-32(40)26-24-22-20-12-10-8-6-4-2)28-44-36-35(43)34(42)33(41)31(27-38)45-36/h29-31,33-36,38-39,41-43H,3-28H2,1-2H3,(H,37,40). The average Bonchev–Trinajstić information content (AvgIpc) is 3.04. The molecule has 1 heterocycles. The van der Waals surface area contributed by atoms with Gasteiger partial charge in [-0.05, 0) is 12.8 Å². The molecule has 9 heteroatoms. The maximum Gasteiger partial charge on any atom is 0.220 e. The molecule has 0 bridgehead atoms. The summed E-state index contributed by atoms with van der Waals surface area (Å²) in [7, 11) is 0. The van der Waals surface area contributed by atoms with Gasteiger partial charge in [-0.1, -0.05) is 149 Å². The van der Waals surface area contributed by atoms with Crippen LogP contribution in [-0.4, -0.2) is 87.5 Å². The molecule has 1 amide bonds. The highest BCUT2D eigenvalue weighted by Gasteiger charge is 2.44. The van der Waals surface area contributed by atoms with Crippen molar-refractivity contribution in [2.24, 2.45) is 0 Å². The highest BCUT2D eigenvalue weighted by Crippen LogP contribution is 2.23. The molecule has 0 aromatic carbocycles. The number of carbonyl (C=O) groups is 1. The van der Waals surface area contributed by atoms with Gasteiger partial charge in [0.25, 0.3) is 0 Å². The van der Waals surface area contributed by atoms with E-state index in [0.717, 1.165) is 38.5 Å². The van der Waals surface area contributed by atoms with E-state index in [-0.39, 0.29) is 12.5 Å². The Bertz CT molecular complexity index is 681. The number of nitrogens with one attached hydrogen (secondary N) is 1. The van der Waals surface area contributed by atoms with Gasteiger partial charge in [-0.2, -0.15) is 0 Å². The van der Waals surface area contributed by atoms with Crippen LogP contribution in [0.25, 0.3) is 0 Å². The van der Waals surface area contributed by atoms with E-state index in [2.05, 4.69) is 19.2 Å². The van der Waals surface area contributed by atoms with Crippen LogP contribution >= 0.6 is 0 Å². The van der Waals surface area contributed by atoms with E-state index in [1.165, 1.54) is 103 Å². The summed E-state index contributed by atoms with van der Waals surface area (Å²) in [4.78, 5) is 12.8. The first kappa shape index (κ1) is 42.2. The number of hydrogen-bond donors (Lipinski definition) is 6. The molecule has 1 aliphatic rings. The van der Waals surface area contributed by atoms with Crippen molar-refractivity contribution in [3.8, 4) is 0 Å². The molecule has 1 rings (SSSR count). The van der Waals surface area contributed by atoms with Crippen LogP contribution in [0, 0.1) is 0 Å². The predicted octanol–water partition coefficient (Wildman–Crippen LogP) is 6.05. The zero-order valence-corrected chi connectivity index (χ0v) is 28.9. The fraction of sp³-hybridized carbons (Fsp3) is 0.972. The van der Waals surface area contributed by atoms with Crippen LogP contribution in [0.5, 0.6) is 0 Å². The summed E-state index contributed by atoms with van der Waals surface area (Å²) in [5.74, 6) is -0.150. The first-order valence-corrected chi connectivity index (χ1v) is 18.7. The van der Waals surface area contributed by atoms with Crippen LogP contribution in [0.2, 0.25) is 0 Å². The summed E-state index contributed by atoms with van der Waals surface area (Å²) in [6.07, 6.45) is 19.7. The topological polar surface area (TPSA) is 149 Å². The van der Waals surface area contributed by atoms with E-state index in [4.69, 9.17) is 9.47 Å². The van der Waals surface area contributed by atoms with Crippen molar-refractivity contribution in [2.45, 2.75) is 211 Å². The van der Waals surface area contributed by atoms with Crippen LogP contribution in [-0.2, 0) is 14.3 Å². The molecule has 9 nitrogen and oxygen atoms in total. The number of unbranched alkanes of at least 4 members (excludes halogenated alkanes) is 20. The third-order valence-corrected chi connectivity index (χ3v) is 9.21. The third-order valence-electron chi connectivity index (χ3n) is 9.21. The molecule has 0 aromatic heterocycles. The molecule has 7 unspecified atom stereocenters. The highest BCUT2D eigenvalue weighted by molar-refractivity contribution is 5.76. The zero-order chi connectivity index (χ0) is 33.1. The second-order valence-corrected chi connectivity index (χ2v) is 13.4. The van der Waals surface area contributed by atoms with E-state index in [0.29, 0.717) is 12.8 Å². The first-order chi connectivity index (χ1) is 21.8. The molecule has 0 aliphatic carbocycles. The lowest BCUT2D eigenvalue weighted by Crippen LogP contribution is -2.60. The summed E-state index contributed by atoms with van der Waals surface area (Å²) in [6, 6.07) is -0.708. The minimum atomic E-state index is -1.55. The molecule has 0 radical (unpaired) electrons. The quantitative estimate of drug-likeness (QED) is 0.0517. The minimum Gasteiger partial charge on any atom is -0.394 e. The van der Waals surface area contributed by atoms with Crippen molar-refractivity contribution in [1.29, 1.82) is 0 Å². The Labute approximate surface area is 274 Å². The van der Waals surface area contributed by atoms with E-state index >= 15 is 0 Å². The Balaban J connectivity index is 2.41. The Morgan fingerprint density at radius 1 is 0.667 bits per heavy atom. The average molecular weight is 646 g/mol. The first-order valence-electron chi connectivity index (χ1n) is 18.7. The lowest BCUT2D eigenvalue weighted by Gasteiger charge is -2.40. The third kappa shape index (κ3) is 20.2. The molecule has 7 atom stereocenters. The molecule has 1 aliphatic heterocycles. The molecular formula is C36H71NO8. The van der Waals surface area contributed by atoms with Crippen molar-refractivity contribution in [3.05, 3.63) is 0 Å². The second kappa shape index (κ2) is 28.2. The van der Waals surface area contributed by atoms with Gasteiger partial charge in [-0.25, -0.2) is 0 Å². The van der Waals surface area contributed by atoms with Gasteiger partial charge in [-0.15, -0.1) is 0 Å². The number of amides is 1. The predicted molar refractivity (Wildman–Crippen MR) is 180 cm³/mol. The number of ether oxygens (including phenoxy) is 2. The molecule has 45 heavy (non-hydrogen) atoms. The highest BCUT2D eigenvalue weighted by atomic mass is 16.7. The summed E-state index contributed by atoms with van der Waals surface area (Å²) in [6.45, 7) is 3.78. The number of aliphatic hydroxyl groups excluding tert-OH is 5. The fourth-order valence-electron chi connectivity index (χ4n) is 6.10. The van der Waals surface area contributed by atoms with E-state index in [1.54, 1.807) is 0 Å². The molecule has 6 N–H and O–H groups in total. The Morgan fingerprint density at radius 2 is 1.11 bits per heavy atom. The monoisotopic (exact) mass is 646 g/mol. The van der Waals surface area contributed by atoms with Crippen LogP contribution in [0.4, 0.5) is 0 Å². The normalized spacial score (nSPS) is 23.2. The van der Waals surface area contributed by atoms with Crippen molar-refractivity contribution in [2.75, 3.05) is 13.2 Å². The molecule has 0 aromatic rings. The number of aliphatic hydroxyl groups is 5. The number of rotatable bonds is 30. The summed E-state index contributed by atoms with van der Waals surface area (Å²) in [5.41, 5.74) is 0. The van der Waals surface area contributed by atoms with E-state index < -0.39 is 49.5 Å². The van der Waals surface area contributed by atoms with Crippen molar-refractivity contribution in [3.63, 3.8) is 0 Å². The van der Waals surface area contributed by atoms with E-state index in [9.17, 15) is 30.3 Å². The molecular weight excluding hydrogens is 574 g/mol. The van der Waals surface area contributed by atoms with Crippen LogP contribution < -0.4 is 5.32 Å². The van der Waals surface area contributed by atoms with Gasteiger partial charge in [0, 0.05) is 6.42 Å². The number of hydrogen-bond acceptors (Lipinski definition) is 8. The van der Waals surface area contributed by atoms with Crippen LogP contribution in [0.1, 0.15) is 168 Å². The van der Waals surface area contributed by atoms with Crippen molar-refractivity contribution in [1.82, 2.24) is 5.32 Å². The minimum absolute atomic E-state index is 0.133. The van der Waals surface area contributed by atoms with Gasteiger partial charge in [0.05, 0.1) is 25.4 Å². The lowest BCUT2D eigenvalue weighted by atomic mass is 9.99. The van der Waals surface area contributed by atoms with E-state index in [1.807, 2.05) is 0 Å². The van der Waals surface area contributed by atoms with Gasteiger partial charge in [-0.3, -0.25) is 4.79 Å². The van der Waals surface area contributed by atoms with Gasteiger partial charge in [0.2, 0.25) is 5.91 Å². The Kier molecular flexibility index (Phi) is 26.5. The molecule has 268 valence electrons. The van der Waals surface area contributed by atoms with Crippen molar-refractivity contribution >= 4 is 5.91 Å². The van der Waals surface area contributed by atoms with Crippen LogP contribution in [0.3, 0.4) is 0 Å².